The molecule has 9 N–H and O–H groups in total. The third-order valence-electron chi connectivity index (χ3n) is 21.6. The van der Waals surface area contributed by atoms with Crippen LogP contribution in [0.15, 0.2) is 36.5 Å². The van der Waals surface area contributed by atoms with Crippen molar-refractivity contribution in [3.8, 4) is 0 Å². The number of rotatable bonds is 75. The Hall–Kier alpha value is -1.79. The summed E-state index contributed by atoms with van der Waals surface area (Å²) >= 11 is 0. The summed E-state index contributed by atoms with van der Waals surface area (Å²) in [6.07, 6.45) is 78.4. The lowest BCUT2D eigenvalue weighted by Crippen LogP contribution is -2.65. The maximum absolute atomic E-state index is 13.4. The number of hydrogen-bond donors (Lipinski definition) is 9. The highest BCUT2D eigenvalue weighted by Gasteiger charge is 2.51. The molecule has 596 valence electrons. The monoisotopic (exact) mass is 1430 g/mol. The van der Waals surface area contributed by atoms with Gasteiger partial charge in [0.25, 0.3) is 0 Å². The van der Waals surface area contributed by atoms with Crippen LogP contribution in [0.4, 0.5) is 0 Å². The predicted octanol–water partition coefficient (Wildman–Crippen LogP) is 20.8. The van der Waals surface area contributed by atoms with Gasteiger partial charge >= 0.3 is 0 Å². The van der Waals surface area contributed by atoms with Gasteiger partial charge in [0.05, 0.1) is 32.0 Å². The van der Waals surface area contributed by atoms with E-state index in [4.69, 9.17) is 18.9 Å². The molecule has 0 spiro atoms. The van der Waals surface area contributed by atoms with E-state index < -0.39 is 86.8 Å². The first-order chi connectivity index (χ1) is 49.6. The van der Waals surface area contributed by atoms with Gasteiger partial charge in [0, 0.05) is 6.42 Å². The molecule has 2 saturated heterocycles. The van der Waals surface area contributed by atoms with Crippen molar-refractivity contribution in [3.05, 3.63) is 36.5 Å². The number of unbranched alkanes of at least 4 members (excludes halogenated alkanes) is 58. The Morgan fingerprint density at radius 1 is 0.347 bits per heavy atom. The van der Waals surface area contributed by atoms with Gasteiger partial charge in [-0.25, -0.2) is 0 Å². The fourth-order valence-electron chi connectivity index (χ4n) is 14.7. The van der Waals surface area contributed by atoms with Crippen molar-refractivity contribution < 1.29 is 64.6 Å². The van der Waals surface area contributed by atoms with Gasteiger partial charge in [-0.1, -0.05) is 403 Å². The minimum atomic E-state index is -1.79. The van der Waals surface area contributed by atoms with Gasteiger partial charge in [-0.2, -0.15) is 0 Å². The van der Waals surface area contributed by atoms with Crippen LogP contribution in [0.25, 0.3) is 0 Å². The molecule has 101 heavy (non-hydrogen) atoms. The third kappa shape index (κ3) is 53.6. The smallest absolute Gasteiger partial charge is 0.220 e. The van der Waals surface area contributed by atoms with E-state index in [1.54, 1.807) is 6.08 Å². The topological polar surface area (TPSA) is 228 Å². The van der Waals surface area contributed by atoms with Crippen molar-refractivity contribution in [2.45, 2.75) is 492 Å². The van der Waals surface area contributed by atoms with Crippen molar-refractivity contribution in [1.29, 1.82) is 0 Å². The molecular weight excluding hydrogens is 1270 g/mol. The fourth-order valence-corrected chi connectivity index (χ4v) is 14.7. The summed E-state index contributed by atoms with van der Waals surface area (Å²) in [4.78, 5) is 13.4. The van der Waals surface area contributed by atoms with Crippen molar-refractivity contribution in [3.63, 3.8) is 0 Å². The number of carbonyl (C=O) groups excluding carboxylic acids is 1. The van der Waals surface area contributed by atoms with Gasteiger partial charge in [0.1, 0.15) is 48.8 Å². The lowest BCUT2D eigenvalue weighted by Gasteiger charge is -2.46. The largest absolute Gasteiger partial charge is 0.394 e. The number of ether oxygens (including phenoxy) is 4. The summed E-state index contributed by atoms with van der Waals surface area (Å²) in [5.41, 5.74) is 0. The number of amides is 1. The average molecular weight is 1430 g/mol. The Kier molecular flexibility index (Phi) is 67.1. The molecule has 2 aliphatic heterocycles. The molecule has 2 fully saturated rings. The van der Waals surface area contributed by atoms with Gasteiger partial charge in [-0.15, -0.1) is 0 Å². The number of aliphatic hydroxyl groups is 8. The summed E-state index contributed by atoms with van der Waals surface area (Å²) in [5.74, 6) is -0.244. The van der Waals surface area contributed by atoms with Crippen LogP contribution in [0.5, 0.6) is 0 Å². The van der Waals surface area contributed by atoms with E-state index in [1.165, 1.54) is 340 Å². The van der Waals surface area contributed by atoms with Crippen LogP contribution in [0.1, 0.15) is 418 Å². The van der Waals surface area contributed by atoms with Crippen LogP contribution < -0.4 is 5.32 Å². The van der Waals surface area contributed by atoms with Crippen molar-refractivity contribution in [2.75, 3.05) is 19.8 Å². The molecule has 0 radical (unpaired) electrons. The molecule has 0 aliphatic carbocycles. The zero-order chi connectivity index (χ0) is 73.0. The molecule has 12 atom stereocenters. The normalized spacial score (nSPS) is 21.8. The Morgan fingerprint density at radius 2 is 0.634 bits per heavy atom. The predicted molar refractivity (Wildman–Crippen MR) is 420 cm³/mol. The van der Waals surface area contributed by atoms with Crippen LogP contribution in [0.2, 0.25) is 0 Å². The van der Waals surface area contributed by atoms with Crippen molar-refractivity contribution >= 4 is 5.91 Å². The van der Waals surface area contributed by atoms with Crippen LogP contribution >= 0.6 is 0 Å². The second-order valence-electron chi connectivity index (χ2n) is 31.0. The highest BCUT2D eigenvalue weighted by atomic mass is 16.7. The van der Waals surface area contributed by atoms with E-state index in [9.17, 15) is 45.6 Å². The maximum atomic E-state index is 13.4. The minimum Gasteiger partial charge on any atom is -0.394 e. The Labute approximate surface area is 621 Å². The van der Waals surface area contributed by atoms with E-state index in [1.807, 2.05) is 6.08 Å². The number of nitrogens with one attached hydrogen (secondary N) is 1. The molecule has 0 aromatic carbocycles. The van der Waals surface area contributed by atoms with Gasteiger partial charge in [-0.05, 0) is 44.9 Å². The maximum Gasteiger partial charge on any atom is 0.220 e. The van der Waals surface area contributed by atoms with E-state index in [0.29, 0.717) is 12.8 Å². The molecule has 0 bridgehead atoms. The van der Waals surface area contributed by atoms with Crippen LogP contribution in [0.3, 0.4) is 0 Å². The van der Waals surface area contributed by atoms with Gasteiger partial charge in [0.2, 0.25) is 5.91 Å². The molecule has 12 unspecified atom stereocenters. The summed E-state index contributed by atoms with van der Waals surface area (Å²) in [6.45, 7) is 2.85. The van der Waals surface area contributed by atoms with Gasteiger partial charge in [0.15, 0.2) is 12.6 Å². The van der Waals surface area contributed by atoms with Gasteiger partial charge < -0.3 is 65.1 Å². The van der Waals surface area contributed by atoms with E-state index in [-0.39, 0.29) is 18.9 Å². The van der Waals surface area contributed by atoms with E-state index in [2.05, 4.69) is 43.5 Å². The lowest BCUT2D eigenvalue weighted by molar-refractivity contribution is -0.359. The first-order valence-corrected chi connectivity index (χ1v) is 43.7. The molecule has 1 amide bonds. The van der Waals surface area contributed by atoms with E-state index in [0.717, 1.165) is 44.9 Å². The third-order valence-corrected chi connectivity index (χ3v) is 21.6. The number of carbonyl (C=O) groups is 1. The summed E-state index contributed by atoms with van der Waals surface area (Å²) in [6, 6.07) is -0.939. The number of allylic oxidation sites excluding steroid dienone is 5. The van der Waals surface area contributed by atoms with Gasteiger partial charge in [-0.3, -0.25) is 4.79 Å². The molecule has 14 nitrogen and oxygen atoms in total. The first-order valence-electron chi connectivity index (χ1n) is 43.7. The Bertz CT molecular complexity index is 1840. The molecule has 0 saturated carbocycles. The highest BCUT2D eigenvalue weighted by Crippen LogP contribution is 2.31. The first kappa shape index (κ1) is 95.3. The second kappa shape index (κ2) is 71.1. The second-order valence-corrected chi connectivity index (χ2v) is 31.0. The Morgan fingerprint density at radius 3 is 0.970 bits per heavy atom. The fraction of sp³-hybridized carbons (Fsp3) is 0.920. The quantitative estimate of drug-likeness (QED) is 0.0204. The summed E-state index contributed by atoms with van der Waals surface area (Å²) in [5, 5.41) is 87.7. The molecular formula is C87H165NO13. The average Bonchev–Trinajstić information content (AvgIpc) is 0.792. The zero-order valence-corrected chi connectivity index (χ0v) is 65.7. The lowest BCUT2D eigenvalue weighted by atomic mass is 9.97. The molecule has 2 aliphatic rings. The molecule has 0 aromatic heterocycles. The molecule has 2 rings (SSSR count). The minimum absolute atomic E-state index is 0.244. The summed E-state index contributed by atoms with van der Waals surface area (Å²) in [7, 11) is 0. The number of hydrogen-bond acceptors (Lipinski definition) is 13. The standard InChI is InChI=1S/C87H165NO13/c1-3-5-7-9-11-13-15-17-19-21-23-25-27-29-31-33-35-36-37-38-39-40-41-43-45-47-49-51-53-55-57-59-61-63-65-67-69-71-79(92)88-75(74-98-86-84(97)82(95)85(78(73-90)100-86)101-87-83(96)81(94)80(93)77(72-89)99-87)76(91)70-68-66-64-62-60-58-56-54-52-50-48-46-44-42-34-32-30-28-26-24-22-20-18-16-14-12-10-8-6-4-2/h52,54,60,62,68,70,75-78,80-87,89-91,93-97H,3-51,53,55-59,61,63-67,69,71-74H2,1-2H3,(H,88,92)/b54-52+,62-60+,70-68+. The van der Waals surface area contributed by atoms with Crippen molar-refractivity contribution in [1.82, 2.24) is 5.32 Å². The zero-order valence-electron chi connectivity index (χ0n) is 65.7. The van der Waals surface area contributed by atoms with E-state index >= 15 is 0 Å². The highest BCUT2D eigenvalue weighted by molar-refractivity contribution is 5.76. The molecule has 2 heterocycles. The van der Waals surface area contributed by atoms with Crippen molar-refractivity contribution in [2.24, 2.45) is 0 Å². The molecule has 14 heteroatoms. The SMILES string of the molecule is CCCCCCCCCCCCCCCCCCCCCC/C=C/CC/C=C/CC/C=C/C(O)C(COC1OC(CO)C(OC2OC(CO)C(O)C(O)C2O)C(O)C1O)NC(=O)CCCCCCCCCCCCCCCCCCCCCCCCCCCCCCCCCCCCCCC. The van der Waals surface area contributed by atoms with Crippen LogP contribution in [-0.4, -0.2) is 140 Å². The van der Waals surface area contributed by atoms with Crippen LogP contribution in [-0.2, 0) is 23.7 Å². The molecule has 0 aromatic rings. The van der Waals surface area contributed by atoms with Crippen LogP contribution in [0, 0.1) is 0 Å². The Balaban J connectivity index is 1.59. The summed E-state index contributed by atoms with van der Waals surface area (Å²) < 4.78 is 22.9. The number of aliphatic hydroxyl groups excluding tert-OH is 8.